The van der Waals surface area contributed by atoms with Crippen LogP contribution in [0, 0.1) is 0 Å². The molecule has 0 aliphatic carbocycles. The fraction of sp³-hybridized carbons (Fsp3) is 0.0952. The molecule has 0 radical (unpaired) electrons. The van der Waals surface area contributed by atoms with Crippen LogP contribution in [0.5, 0.6) is 0 Å². The van der Waals surface area contributed by atoms with Crippen LogP contribution >= 0.6 is 0 Å². The highest BCUT2D eigenvalue weighted by Crippen LogP contribution is 2.27. The Balaban J connectivity index is 1.68. The highest BCUT2D eigenvalue weighted by atomic mass is 15.0. The molecule has 0 saturated heterocycles. The largest absolute Gasteiger partial charge is 0.342 e. The number of rotatable bonds is 3. The zero-order chi connectivity index (χ0) is 15.6. The van der Waals surface area contributed by atoms with Crippen LogP contribution in [-0.4, -0.2) is 10.3 Å². The van der Waals surface area contributed by atoms with Gasteiger partial charge in [0.1, 0.15) is 0 Å². The van der Waals surface area contributed by atoms with Crippen molar-refractivity contribution in [2.45, 2.75) is 6.04 Å². The van der Waals surface area contributed by atoms with Gasteiger partial charge in [0.05, 0.1) is 17.4 Å². The first-order chi connectivity index (χ1) is 11.3. The minimum Gasteiger partial charge on any atom is -0.342 e. The van der Waals surface area contributed by atoms with Gasteiger partial charge in [-0.1, -0.05) is 66.7 Å². The van der Waals surface area contributed by atoms with E-state index in [4.69, 9.17) is 4.99 Å². The van der Waals surface area contributed by atoms with Crippen molar-refractivity contribution in [2.24, 2.45) is 12.0 Å². The Morgan fingerprint density at radius 3 is 2.17 bits per heavy atom. The van der Waals surface area contributed by atoms with E-state index < -0.39 is 0 Å². The van der Waals surface area contributed by atoms with Gasteiger partial charge in [0.2, 0.25) is 0 Å². The van der Waals surface area contributed by atoms with E-state index in [1.54, 1.807) is 0 Å². The first-order valence-corrected chi connectivity index (χ1v) is 7.85. The fourth-order valence-electron chi connectivity index (χ4n) is 3.07. The van der Waals surface area contributed by atoms with E-state index in [9.17, 15) is 0 Å². The zero-order valence-corrected chi connectivity index (χ0v) is 13.1. The lowest BCUT2D eigenvalue weighted by Crippen LogP contribution is -2.04. The summed E-state index contributed by atoms with van der Waals surface area (Å²) in [5.41, 5.74) is 5.86. The molecule has 0 bridgehead atoms. The second kappa shape index (κ2) is 5.73. The van der Waals surface area contributed by atoms with Gasteiger partial charge in [-0.05, 0) is 29.3 Å². The summed E-state index contributed by atoms with van der Waals surface area (Å²) in [6.45, 7) is 0. The summed E-state index contributed by atoms with van der Waals surface area (Å²) in [6.07, 6.45) is 4.29. The summed E-state index contributed by atoms with van der Waals surface area (Å²) in [4.78, 5) is 4.88. The van der Waals surface area contributed by atoms with E-state index in [1.807, 2.05) is 12.1 Å². The Kier molecular flexibility index (Phi) is 3.43. The molecule has 2 nitrogen and oxygen atoms in total. The van der Waals surface area contributed by atoms with Gasteiger partial charge in [0.25, 0.3) is 0 Å². The molecule has 23 heavy (non-hydrogen) atoms. The molecule has 1 unspecified atom stereocenters. The molecule has 2 heterocycles. The molecule has 112 valence electrons. The van der Waals surface area contributed by atoms with Crippen LogP contribution in [0.1, 0.15) is 17.3 Å². The van der Waals surface area contributed by atoms with E-state index in [0.29, 0.717) is 0 Å². The normalized spacial score (nSPS) is 16.6. The summed E-state index contributed by atoms with van der Waals surface area (Å²) < 4.78 is 2.21. The molecule has 0 saturated carbocycles. The van der Waals surface area contributed by atoms with Crippen molar-refractivity contribution in [1.82, 2.24) is 4.57 Å². The summed E-state index contributed by atoms with van der Waals surface area (Å²) in [7, 11) is 2.10. The van der Waals surface area contributed by atoms with Crippen LogP contribution in [0.25, 0.3) is 11.3 Å². The van der Waals surface area contributed by atoms with Gasteiger partial charge >= 0.3 is 0 Å². The van der Waals surface area contributed by atoms with Crippen molar-refractivity contribution in [3.8, 4) is 11.3 Å². The Bertz CT molecular complexity index is 871. The second-order valence-electron chi connectivity index (χ2n) is 5.76. The monoisotopic (exact) mass is 298 g/mol. The molecule has 0 fully saturated rings. The summed E-state index contributed by atoms with van der Waals surface area (Å²) in [5.74, 6) is 0. The van der Waals surface area contributed by atoms with Gasteiger partial charge < -0.3 is 4.57 Å². The average molecular weight is 298 g/mol. The smallest absolute Gasteiger partial charge is 0.0942 e. The Labute approximate surface area is 136 Å². The van der Waals surface area contributed by atoms with Crippen molar-refractivity contribution >= 4 is 5.71 Å². The number of benzene rings is 2. The molecule has 1 aliphatic heterocycles. The highest BCUT2D eigenvalue weighted by molar-refractivity contribution is 6.09. The van der Waals surface area contributed by atoms with Gasteiger partial charge in [0, 0.05) is 12.7 Å². The first kappa shape index (κ1) is 13.8. The maximum atomic E-state index is 4.88. The number of allylic oxidation sites excluding steroid dienone is 1. The lowest BCUT2D eigenvalue weighted by molar-refractivity contribution is 0.908. The van der Waals surface area contributed by atoms with Crippen LogP contribution in [0.15, 0.2) is 89.9 Å². The predicted octanol–water partition coefficient (Wildman–Crippen LogP) is 4.79. The minimum absolute atomic E-state index is 0.126. The van der Waals surface area contributed by atoms with E-state index in [2.05, 4.69) is 84.4 Å². The SMILES string of the molecule is Cn1c(C2=NC(c3ccccc3)C=C2)ccc1-c1ccccc1. The topological polar surface area (TPSA) is 17.3 Å². The van der Waals surface area contributed by atoms with Crippen LogP contribution in [0.3, 0.4) is 0 Å². The molecule has 2 heteroatoms. The van der Waals surface area contributed by atoms with Crippen molar-refractivity contribution in [3.05, 3.63) is 96.2 Å². The predicted molar refractivity (Wildman–Crippen MR) is 95.7 cm³/mol. The molecule has 1 aromatic heterocycles. The average Bonchev–Trinajstić information content (AvgIpc) is 3.23. The first-order valence-electron chi connectivity index (χ1n) is 7.85. The fourth-order valence-corrected chi connectivity index (χ4v) is 3.07. The number of aromatic nitrogens is 1. The molecule has 0 N–H and O–H groups in total. The molecule has 3 aromatic rings. The standard InChI is InChI=1S/C21H18N2/c1-23-20(17-10-6-3-7-11-17)14-15-21(23)19-13-12-18(22-19)16-8-4-2-5-9-16/h2-15,18H,1H3. The Morgan fingerprint density at radius 2 is 1.43 bits per heavy atom. The van der Waals surface area contributed by atoms with E-state index in [1.165, 1.54) is 16.8 Å². The third-order valence-corrected chi connectivity index (χ3v) is 4.31. The Hall–Kier alpha value is -2.87. The van der Waals surface area contributed by atoms with E-state index in [0.717, 1.165) is 11.4 Å². The summed E-state index contributed by atoms with van der Waals surface area (Å²) in [6, 6.07) is 25.3. The number of aliphatic imine (C=N–C) groups is 1. The highest BCUT2D eigenvalue weighted by Gasteiger charge is 2.17. The number of nitrogens with zero attached hydrogens (tertiary/aromatic N) is 2. The molecule has 2 aromatic carbocycles. The van der Waals surface area contributed by atoms with E-state index >= 15 is 0 Å². The molecular formula is C21H18N2. The lowest BCUT2D eigenvalue weighted by atomic mass is 10.1. The van der Waals surface area contributed by atoms with Gasteiger partial charge in [-0.15, -0.1) is 0 Å². The Morgan fingerprint density at radius 1 is 0.783 bits per heavy atom. The molecule has 0 amide bonds. The second-order valence-corrected chi connectivity index (χ2v) is 5.76. The number of hydrogen-bond donors (Lipinski definition) is 0. The van der Waals surface area contributed by atoms with Gasteiger partial charge in [-0.2, -0.15) is 0 Å². The summed E-state index contributed by atoms with van der Waals surface area (Å²) >= 11 is 0. The van der Waals surface area contributed by atoms with Crippen LogP contribution < -0.4 is 0 Å². The lowest BCUT2D eigenvalue weighted by Gasteiger charge is -2.08. The van der Waals surface area contributed by atoms with Crippen molar-refractivity contribution in [2.75, 3.05) is 0 Å². The third kappa shape index (κ3) is 2.53. The van der Waals surface area contributed by atoms with Gasteiger partial charge in [-0.3, -0.25) is 4.99 Å². The molecule has 1 atom stereocenters. The van der Waals surface area contributed by atoms with Gasteiger partial charge in [-0.25, -0.2) is 0 Å². The van der Waals surface area contributed by atoms with Crippen LogP contribution in [0.4, 0.5) is 0 Å². The molecule has 0 spiro atoms. The van der Waals surface area contributed by atoms with Gasteiger partial charge in [0.15, 0.2) is 0 Å². The van der Waals surface area contributed by atoms with Crippen molar-refractivity contribution in [1.29, 1.82) is 0 Å². The summed E-state index contributed by atoms with van der Waals surface area (Å²) in [5, 5.41) is 0. The maximum Gasteiger partial charge on any atom is 0.0942 e. The van der Waals surface area contributed by atoms with Crippen molar-refractivity contribution < 1.29 is 0 Å². The van der Waals surface area contributed by atoms with Crippen molar-refractivity contribution in [3.63, 3.8) is 0 Å². The number of hydrogen-bond acceptors (Lipinski definition) is 1. The maximum absolute atomic E-state index is 4.88. The van der Waals surface area contributed by atoms with E-state index in [-0.39, 0.29) is 6.04 Å². The molecular weight excluding hydrogens is 280 g/mol. The van der Waals surface area contributed by atoms with Crippen LogP contribution in [-0.2, 0) is 7.05 Å². The molecule has 1 aliphatic rings. The third-order valence-electron chi connectivity index (χ3n) is 4.31. The minimum atomic E-state index is 0.126. The quantitative estimate of drug-likeness (QED) is 0.661. The van der Waals surface area contributed by atoms with Crippen LogP contribution in [0.2, 0.25) is 0 Å². The molecule has 4 rings (SSSR count). The zero-order valence-electron chi connectivity index (χ0n) is 13.1.